The highest BCUT2D eigenvalue weighted by atomic mass is 35.5. The lowest BCUT2D eigenvalue weighted by atomic mass is 10.2. The molecule has 1 aromatic carbocycles. The third kappa shape index (κ3) is 2.95. The van der Waals surface area contributed by atoms with Crippen LogP contribution in [-0.4, -0.2) is 10.9 Å². The van der Waals surface area contributed by atoms with Gasteiger partial charge in [0.25, 0.3) is 5.91 Å². The SMILES string of the molecule is Cc1ccc(Cl)c(Nc2cc(C(N)=O)c(N)cn2)c1. The Labute approximate surface area is 115 Å². The fourth-order valence-electron chi connectivity index (χ4n) is 1.62. The lowest BCUT2D eigenvalue weighted by molar-refractivity contribution is 0.100. The van der Waals surface area contributed by atoms with E-state index in [4.69, 9.17) is 23.1 Å². The number of pyridine rings is 1. The van der Waals surface area contributed by atoms with Crippen LogP contribution in [0.3, 0.4) is 0 Å². The Kier molecular flexibility index (Phi) is 3.57. The lowest BCUT2D eigenvalue weighted by Crippen LogP contribution is -2.14. The molecule has 1 amide bonds. The molecule has 5 N–H and O–H groups in total. The number of aryl methyl sites for hydroxylation is 1. The molecule has 1 aromatic heterocycles. The number of anilines is 3. The summed E-state index contributed by atoms with van der Waals surface area (Å²) >= 11 is 6.07. The van der Waals surface area contributed by atoms with Gasteiger partial charge in [0.2, 0.25) is 0 Å². The van der Waals surface area contributed by atoms with E-state index >= 15 is 0 Å². The summed E-state index contributed by atoms with van der Waals surface area (Å²) in [5.74, 6) is -0.145. The van der Waals surface area contributed by atoms with E-state index in [1.54, 1.807) is 6.07 Å². The summed E-state index contributed by atoms with van der Waals surface area (Å²) in [6.45, 7) is 1.95. The van der Waals surface area contributed by atoms with E-state index < -0.39 is 5.91 Å². The quantitative estimate of drug-likeness (QED) is 0.803. The Balaban J connectivity index is 2.36. The number of nitrogen functional groups attached to an aromatic ring is 1. The first kappa shape index (κ1) is 13.2. The number of rotatable bonds is 3. The number of nitrogens with zero attached hydrogens (tertiary/aromatic N) is 1. The Morgan fingerprint density at radius 3 is 2.79 bits per heavy atom. The Morgan fingerprint density at radius 2 is 2.11 bits per heavy atom. The van der Waals surface area contributed by atoms with Gasteiger partial charge < -0.3 is 16.8 Å². The molecule has 0 unspecified atom stereocenters. The first-order valence-corrected chi connectivity index (χ1v) is 5.93. The van der Waals surface area contributed by atoms with Crippen molar-refractivity contribution in [3.05, 3.63) is 46.6 Å². The molecule has 0 aliphatic heterocycles. The monoisotopic (exact) mass is 276 g/mol. The average Bonchev–Trinajstić information content (AvgIpc) is 2.36. The third-order valence-electron chi connectivity index (χ3n) is 2.58. The smallest absolute Gasteiger partial charge is 0.250 e. The van der Waals surface area contributed by atoms with Gasteiger partial charge in [-0.1, -0.05) is 17.7 Å². The summed E-state index contributed by atoms with van der Waals surface area (Å²) in [6.07, 6.45) is 1.38. The molecule has 0 bridgehead atoms. The maximum atomic E-state index is 11.2. The van der Waals surface area contributed by atoms with Crippen LogP contribution in [0.4, 0.5) is 17.2 Å². The van der Waals surface area contributed by atoms with Crippen molar-refractivity contribution in [3.8, 4) is 0 Å². The van der Waals surface area contributed by atoms with Crippen molar-refractivity contribution in [2.24, 2.45) is 5.73 Å². The predicted molar refractivity (Wildman–Crippen MR) is 76.6 cm³/mol. The number of benzene rings is 1. The average molecular weight is 277 g/mol. The molecule has 0 fully saturated rings. The minimum absolute atomic E-state index is 0.223. The maximum absolute atomic E-state index is 11.2. The molecule has 98 valence electrons. The van der Waals surface area contributed by atoms with E-state index in [1.807, 2.05) is 19.1 Å². The van der Waals surface area contributed by atoms with Gasteiger partial charge in [-0.2, -0.15) is 0 Å². The van der Waals surface area contributed by atoms with Crippen LogP contribution >= 0.6 is 11.6 Å². The highest BCUT2D eigenvalue weighted by molar-refractivity contribution is 6.33. The number of primary amides is 1. The molecule has 0 radical (unpaired) electrons. The molecule has 6 heteroatoms. The van der Waals surface area contributed by atoms with E-state index in [9.17, 15) is 4.79 Å². The zero-order chi connectivity index (χ0) is 14.0. The molecule has 2 aromatic rings. The first-order valence-electron chi connectivity index (χ1n) is 5.56. The standard InChI is InChI=1S/C13H13ClN4O/c1-7-2-3-9(14)11(4-7)18-12-5-8(13(16)19)10(15)6-17-12/h2-6H,15H2,1H3,(H2,16,19)(H,17,18). The van der Waals surface area contributed by atoms with Gasteiger partial charge in [-0.3, -0.25) is 4.79 Å². The number of aromatic nitrogens is 1. The predicted octanol–water partition coefficient (Wildman–Crippen LogP) is 2.47. The zero-order valence-corrected chi connectivity index (χ0v) is 11.0. The van der Waals surface area contributed by atoms with Gasteiger partial charge in [-0.05, 0) is 30.7 Å². The summed E-state index contributed by atoms with van der Waals surface area (Å²) in [6, 6.07) is 7.06. The normalized spacial score (nSPS) is 10.2. The first-order chi connectivity index (χ1) is 8.97. The molecule has 0 spiro atoms. The van der Waals surface area contributed by atoms with Gasteiger partial charge in [0.15, 0.2) is 0 Å². The number of carbonyl (C=O) groups is 1. The molecule has 0 atom stereocenters. The molecule has 0 saturated carbocycles. The summed E-state index contributed by atoms with van der Waals surface area (Å²) in [5, 5.41) is 3.59. The van der Waals surface area contributed by atoms with Crippen molar-refractivity contribution >= 4 is 34.7 Å². The number of carbonyl (C=O) groups excluding carboxylic acids is 1. The topological polar surface area (TPSA) is 94.0 Å². The van der Waals surface area contributed by atoms with Crippen molar-refractivity contribution in [2.45, 2.75) is 6.92 Å². The van der Waals surface area contributed by atoms with Crippen LogP contribution in [0.2, 0.25) is 5.02 Å². The number of nitrogens with one attached hydrogen (secondary N) is 1. The van der Waals surface area contributed by atoms with Crippen LogP contribution in [0.15, 0.2) is 30.5 Å². The van der Waals surface area contributed by atoms with Crippen molar-refractivity contribution in [1.82, 2.24) is 4.98 Å². The van der Waals surface area contributed by atoms with Crippen LogP contribution < -0.4 is 16.8 Å². The van der Waals surface area contributed by atoms with Crippen molar-refractivity contribution in [1.29, 1.82) is 0 Å². The molecule has 5 nitrogen and oxygen atoms in total. The van der Waals surface area contributed by atoms with E-state index in [2.05, 4.69) is 10.3 Å². The number of nitrogens with two attached hydrogens (primary N) is 2. The van der Waals surface area contributed by atoms with Crippen LogP contribution in [0.1, 0.15) is 15.9 Å². The summed E-state index contributed by atoms with van der Waals surface area (Å²) in [4.78, 5) is 15.3. The summed E-state index contributed by atoms with van der Waals surface area (Å²) in [7, 11) is 0. The molecule has 19 heavy (non-hydrogen) atoms. The van der Waals surface area contributed by atoms with E-state index in [-0.39, 0.29) is 11.3 Å². The van der Waals surface area contributed by atoms with Gasteiger partial charge >= 0.3 is 0 Å². The largest absolute Gasteiger partial charge is 0.397 e. The van der Waals surface area contributed by atoms with E-state index in [0.29, 0.717) is 16.5 Å². The summed E-state index contributed by atoms with van der Waals surface area (Å²) in [5.41, 5.74) is 13.1. The van der Waals surface area contributed by atoms with Crippen LogP contribution in [0.25, 0.3) is 0 Å². The Morgan fingerprint density at radius 1 is 1.37 bits per heavy atom. The number of halogens is 1. The van der Waals surface area contributed by atoms with E-state index in [0.717, 1.165) is 5.56 Å². The van der Waals surface area contributed by atoms with E-state index in [1.165, 1.54) is 12.3 Å². The second kappa shape index (κ2) is 5.16. The number of hydrogen-bond acceptors (Lipinski definition) is 4. The number of hydrogen-bond donors (Lipinski definition) is 3. The summed E-state index contributed by atoms with van der Waals surface area (Å²) < 4.78 is 0. The van der Waals surface area contributed by atoms with Gasteiger partial charge in [0, 0.05) is 0 Å². The fraction of sp³-hybridized carbons (Fsp3) is 0.0769. The molecule has 0 saturated heterocycles. The molecule has 0 aliphatic carbocycles. The van der Waals surface area contributed by atoms with Crippen molar-refractivity contribution < 1.29 is 4.79 Å². The minimum Gasteiger partial charge on any atom is -0.397 e. The van der Waals surface area contributed by atoms with Crippen LogP contribution in [0.5, 0.6) is 0 Å². The lowest BCUT2D eigenvalue weighted by Gasteiger charge is -2.10. The van der Waals surface area contributed by atoms with Gasteiger partial charge in [-0.25, -0.2) is 4.98 Å². The van der Waals surface area contributed by atoms with Gasteiger partial charge in [-0.15, -0.1) is 0 Å². The second-order valence-corrected chi connectivity index (χ2v) is 4.54. The fourth-order valence-corrected chi connectivity index (χ4v) is 1.79. The Bertz CT molecular complexity index is 643. The van der Waals surface area contributed by atoms with Crippen LogP contribution in [0, 0.1) is 6.92 Å². The molecule has 1 heterocycles. The second-order valence-electron chi connectivity index (χ2n) is 4.13. The highest BCUT2D eigenvalue weighted by Gasteiger charge is 2.09. The van der Waals surface area contributed by atoms with Crippen LogP contribution in [-0.2, 0) is 0 Å². The maximum Gasteiger partial charge on any atom is 0.250 e. The minimum atomic E-state index is -0.599. The van der Waals surface area contributed by atoms with Crippen molar-refractivity contribution in [2.75, 3.05) is 11.1 Å². The van der Waals surface area contributed by atoms with Gasteiger partial charge in [0.05, 0.1) is 28.2 Å². The molecule has 2 rings (SSSR count). The molecular weight excluding hydrogens is 264 g/mol. The number of amides is 1. The third-order valence-corrected chi connectivity index (χ3v) is 2.91. The van der Waals surface area contributed by atoms with Gasteiger partial charge in [0.1, 0.15) is 5.82 Å². The Hall–Kier alpha value is -2.27. The zero-order valence-electron chi connectivity index (χ0n) is 10.3. The highest BCUT2D eigenvalue weighted by Crippen LogP contribution is 2.26. The molecular formula is C13H13ClN4O. The van der Waals surface area contributed by atoms with Crippen molar-refractivity contribution in [3.63, 3.8) is 0 Å². The molecule has 0 aliphatic rings.